The van der Waals surface area contributed by atoms with Gasteiger partial charge in [-0.25, -0.2) is 12.8 Å². The summed E-state index contributed by atoms with van der Waals surface area (Å²) in [6.07, 6.45) is 0. The second-order valence-electron chi connectivity index (χ2n) is 9.23. The van der Waals surface area contributed by atoms with Crippen LogP contribution in [0.4, 0.5) is 10.1 Å². The number of anilines is 1. The first-order chi connectivity index (χ1) is 15.3. The second kappa shape index (κ2) is 9.40. The van der Waals surface area contributed by atoms with Crippen LogP contribution in [0.15, 0.2) is 41.3 Å². The van der Waals surface area contributed by atoms with Gasteiger partial charge in [0.2, 0.25) is 0 Å². The maximum absolute atomic E-state index is 14.3. The van der Waals surface area contributed by atoms with E-state index in [0.717, 1.165) is 11.6 Å². The summed E-state index contributed by atoms with van der Waals surface area (Å²) >= 11 is 6.02. The fraction of sp³-hybridized carbons (Fsp3) is 0.391. The number of sulfonamides is 1. The molecule has 0 unspecified atom stereocenters. The van der Waals surface area contributed by atoms with Crippen LogP contribution >= 0.6 is 11.6 Å². The van der Waals surface area contributed by atoms with Gasteiger partial charge in [0.25, 0.3) is 10.0 Å². The lowest BCUT2D eigenvalue weighted by atomic mass is 9.87. The van der Waals surface area contributed by atoms with Gasteiger partial charge in [0, 0.05) is 24.7 Å². The molecule has 3 rings (SSSR count). The number of rotatable bonds is 7. The molecule has 0 saturated carbocycles. The van der Waals surface area contributed by atoms with Crippen molar-refractivity contribution in [3.8, 4) is 11.4 Å². The normalized spacial score (nSPS) is 12.4. The zero-order valence-corrected chi connectivity index (χ0v) is 21.1. The number of nitrogens with one attached hydrogen (secondary N) is 2. The summed E-state index contributed by atoms with van der Waals surface area (Å²) in [5, 5.41) is 11.5. The summed E-state index contributed by atoms with van der Waals surface area (Å²) in [4.78, 5) is 0.0663. The van der Waals surface area contributed by atoms with E-state index in [1.54, 1.807) is 23.7 Å². The van der Waals surface area contributed by atoms with Crippen molar-refractivity contribution in [2.75, 3.05) is 4.72 Å². The Morgan fingerprint density at radius 3 is 2.33 bits per heavy atom. The first-order valence-electron chi connectivity index (χ1n) is 10.5. The first kappa shape index (κ1) is 25.1. The smallest absolute Gasteiger partial charge is 0.261 e. The van der Waals surface area contributed by atoms with Crippen molar-refractivity contribution >= 4 is 27.3 Å². The van der Waals surface area contributed by atoms with Crippen molar-refractivity contribution in [3.05, 3.63) is 58.6 Å². The molecule has 1 heterocycles. The summed E-state index contributed by atoms with van der Waals surface area (Å²) < 4.78 is 44.7. The Hall–Kier alpha value is -2.49. The molecule has 0 aliphatic heterocycles. The summed E-state index contributed by atoms with van der Waals surface area (Å²) in [7, 11) is -2.24. The molecule has 3 aromatic rings. The Bertz CT molecular complexity index is 1250. The molecule has 0 fully saturated rings. The van der Waals surface area contributed by atoms with Gasteiger partial charge in [0.1, 0.15) is 11.6 Å². The van der Waals surface area contributed by atoms with E-state index in [2.05, 4.69) is 20.2 Å². The monoisotopic (exact) mass is 493 g/mol. The summed E-state index contributed by atoms with van der Waals surface area (Å²) in [6, 6.07) is 9.27. The number of hydrogen-bond donors (Lipinski definition) is 2. The van der Waals surface area contributed by atoms with Crippen LogP contribution in [0.1, 0.15) is 46.0 Å². The number of hydrogen-bond acceptors (Lipinski definition) is 5. The van der Waals surface area contributed by atoms with Gasteiger partial charge in [0.05, 0.1) is 22.2 Å². The zero-order valence-electron chi connectivity index (χ0n) is 19.6. The lowest BCUT2D eigenvalue weighted by Crippen LogP contribution is -2.23. The number of benzene rings is 2. The van der Waals surface area contributed by atoms with Crippen LogP contribution in [0, 0.1) is 5.82 Å². The van der Waals surface area contributed by atoms with Crippen molar-refractivity contribution < 1.29 is 12.8 Å². The third-order valence-electron chi connectivity index (χ3n) is 5.21. The molecule has 33 heavy (non-hydrogen) atoms. The molecule has 0 aliphatic rings. The van der Waals surface area contributed by atoms with E-state index in [1.165, 1.54) is 18.2 Å². The molecule has 2 N–H and O–H groups in total. The van der Waals surface area contributed by atoms with Crippen molar-refractivity contribution in [2.24, 2.45) is 7.05 Å². The number of nitrogens with zero attached hydrogens (tertiary/aromatic N) is 3. The van der Waals surface area contributed by atoms with Gasteiger partial charge < -0.3 is 9.88 Å². The summed E-state index contributed by atoms with van der Waals surface area (Å²) in [5.41, 5.74) is 1.23. The standard InChI is InChI=1S/C23H29ClFN5O2S/c1-14(2)26-13-21-27-28-22(30(21)6)17-11-18(24)19(25)12-20(17)29-33(31,32)16-9-7-15(8-10-16)23(3,4)5/h7-12,14,26,29H,13H2,1-6H3. The lowest BCUT2D eigenvalue weighted by Gasteiger charge is -2.19. The predicted octanol–water partition coefficient (Wildman–Crippen LogP) is 4.87. The van der Waals surface area contributed by atoms with E-state index in [1.807, 2.05) is 34.6 Å². The molecule has 0 bridgehead atoms. The van der Waals surface area contributed by atoms with E-state index >= 15 is 0 Å². The predicted molar refractivity (Wildman–Crippen MR) is 129 cm³/mol. The Labute approximate surface area is 199 Å². The molecule has 7 nitrogen and oxygen atoms in total. The van der Waals surface area contributed by atoms with E-state index in [0.29, 0.717) is 23.8 Å². The van der Waals surface area contributed by atoms with Crippen molar-refractivity contribution in [3.63, 3.8) is 0 Å². The SMILES string of the molecule is CC(C)NCc1nnc(-c2cc(Cl)c(F)cc2NS(=O)(=O)c2ccc(C(C)(C)C)cc2)n1C. The minimum absolute atomic E-state index is 0.0238. The topological polar surface area (TPSA) is 88.9 Å². The minimum Gasteiger partial charge on any atom is -0.313 e. The molecule has 10 heteroatoms. The lowest BCUT2D eigenvalue weighted by molar-refractivity contribution is 0.561. The van der Waals surface area contributed by atoms with Crippen molar-refractivity contribution in [1.82, 2.24) is 20.1 Å². The minimum atomic E-state index is -3.99. The average molecular weight is 494 g/mol. The third kappa shape index (κ3) is 5.72. The molecule has 0 saturated heterocycles. The van der Waals surface area contributed by atoms with Gasteiger partial charge in [-0.2, -0.15) is 0 Å². The Balaban J connectivity index is 2.00. The Morgan fingerprint density at radius 1 is 1.12 bits per heavy atom. The van der Waals surface area contributed by atoms with Crippen LogP contribution in [-0.4, -0.2) is 29.2 Å². The van der Waals surface area contributed by atoms with Gasteiger partial charge in [-0.15, -0.1) is 10.2 Å². The first-order valence-corrected chi connectivity index (χ1v) is 12.4. The second-order valence-corrected chi connectivity index (χ2v) is 11.3. The fourth-order valence-electron chi connectivity index (χ4n) is 3.20. The van der Waals surface area contributed by atoms with Gasteiger partial charge in [-0.3, -0.25) is 4.72 Å². The molecule has 2 aromatic carbocycles. The van der Waals surface area contributed by atoms with E-state index < -0.39 is 15.8 Å². The fourth-order valence-corrected chi connectivity index (χ4v) is 4.43. The van der Waals surface area contributed by atoms with Crippen molar-refractivity contribution in [2.45, 2.75) is 57.5 Å². The molecule has 1 aromatic heterocycles. The van der Waals surface area contributed by atoms with Gasteiger partial charge in [-0.05, 0) is 29.2 Å². The van der Waals surface area contributed by atoms with Crippen molar-refractivity contribution in [1.29, 1.82) is 0 Å². The summed E-state index contributed by atoms with van der Waals surface area (Å²) in [6.45, 7) is 10.6. The Kier molecular flexibility index (Phi) is 7.16. The van der Waals surface area contributed by atoms with Gasteiger partial charge in [-0.1, -0.05) is 58.4 Å². The molecular formula is C23H29ClFN5O2S. The highest BCUT2D eigenvalue weighted by Crippen LogP contribution is 2.33. The summed E-state index contributed by atoms with van der Waals surface area (Å²) in [5.74, 6) is 0.258. The molecule has 0 spiro atoms. The molecule has 0 amide bonds. The van der Waals surface area contributed by atoms with E-state index in [4.69, 9.17) is 11.6 Å². The zero-order chi connectivity index (χ0) is 24.6. The Morgan fingerprint density at radius 2 is 1.76 bits per heavy atom. The maximum atomic E-state index is 14.3. The maximum Gasteiger partial charge on any atom is 0.261 e. The van der Waals surface area contributed by atoms with Crippen LogP contribution in [0.25, 0.3) is 11.4 Å². The van der Waals surface area contributed by atoms with Crippen LogP contribution in [-0.2, 0) is 29.0 Å². The quantitative estimate of drug-likeness (QED) is 0.490. The number of aromatic nitrogens is 3. The molecule has 0 atom stereocenters. The molecule has 0 radical (unpaired) electrons. The van der Waals surface area contributed by atoms with E-state index in [9.17, 15) is 12.8 Å². The van der Waals surface area contributed by atoms with Crippen LogP contribution < -0.4 is 10.0 Å². The largest absolute Gasteiger partial charge is 0.313 e. The van der Waals surface area contributed by atoms with Crippen LogP contribution in [0.5, 0.6) is 0 Å². The molecular weight excluding hydrogens is 465 g/mol. The average Bonchev–Trinajstić information content (AvgIpc) is 3.08. The van der Waals surface area contributed by atoms with E-state index in [-0.39, 0.29) is 27.1 Å². The highest BCUT2D eigenvalue weighted by atomic mass is 35.5. The highest BCUT2D eigenvalue weighted by molar-refractivity contribution is 7.92. The van der Waals surface area contributed by atoms with Gasteiger partial charge >= 0.3 is 0 Å². The molecule has 0 aliphatic carbocycles. The highest BCUT2D eigenvalue weighted by Gasteiger charge is 2.23. The number of halogens is 2. The van der Waals surface area contributed by atoms with Crippen LogP contribution in [0.3, 0.4) is 0 Å². The van der Waals surface area contributed by atoms with Crippen LogP contribution in [0.2, 0.25) is 5.02 Å². The van der Waals surface area contributed by atoms with Gasteiger partial charge in [0.15, 0.2) is 5.82 Å². The molecule has 178 valence electrons. The third-order valence-corrected chi connectivity index (χ3v) is 6.88.